The molecular formula is C20H28N4O6. The maximum Gasteiger partial charge on any atom is 0.223 e. The van der Waals surface area contributed by atoms with Gasteiger partial charge in [0.05, 0.1) is 37.7 Å². The van der Waals surface area contributed by atoms with Crippen molar-refractivity contribution in [1.82, 2.24) is 9.97 Å². The molecule has 0 radical (unpaired) electrons. The Hall–Kier alpha value is -2.66. The fourth-order valence-electron chi connectivity index (χ4n) is 3.13. The number of hydrogen-bond donors (Lipinski definition) is 4. The quantitative estimate of drug-likeness (QED) is 0.399. The largest absolute Gasteiger partial charge is 0.507 e. The molecule has 0 amide bonds. The number of phenols is 1. The minimum atomic E-state index is -0.812. The molecular weight excluding hydrogens is 392 g/mol. The molecule has 10 nitrogen and oxygen atoms in total. The Kier molecular flexibility index (Phi) is 7.63. The molecule has 1 fully saturated rings. The van der Waals surface area contributed by atoms with E-state index in [1.807, 2.05) is 11.8 Å². The van der Waals surface area contributed by atoms with Crippen LogP contribution in [0.25, 0.3) is 11.3 Å². The van der Waals surface area contributed by atoms with Crippen molar-refractivity contribution in [2.24, 2.45) is 0 Å². The van der Waals surface area contributed by atoms with E-state index in [0.717, 1.165) is 5.69 Å². The summed E-state index contributed by atoms with van der Waals surface area (Å²) in [7, 11) is 0. The zero-order valence-corrected chi connectivity index (χ0v) is 16.9. The van der Waals surface area contributed by atoms with Crippen LogP contribution in [0.1, 0.15) is 6.92 Å². The Morgan fingerprint density at radius 3 is 2.47 bits per heavy atom. The fraction of sp³-hybridized carbons (Fsp3) is 0.500. The molecule has 0 bridgehead atoms. The van der Waals surface area contributed by atoms with Gasteiger partial charge in [0, 0.05) is 37.0 Å². The standard InChI is InChI=1S/C20H28N4O6/c1-2-28-5-6-29-7-8-30-19-10-15(22-20(21)23-19)14-9-13(3-4-16(14)25)24-11-17(26)18(27)12-24/h3-4,9-10,17-18,25-27H,2,5-8,11-12H2,1H3,(H2,21,22,23)/t17-,18-/m0/s1. The van der Waals surface area contributed by atoms with Gasteiger partial charge in [0.25, 0.3) is 0 Å². The van der Waals surface area contributed by atoms with Crippen LogP contribution in [0.15, 0.2) is 24.3 Å². The van der Waals surface area contributed by atoms with E-state index >= 15 is 0 Å². The summed E-state index contributed by atoms with van der Waals surface area (Å²) < 4.78 is 16.2. The molecule has 0 aliphatic carbocycles. The van der Waals surface area contributed by atoms with E-state index in [2.05, 4.69) is 9.97 Å². The average molecular weight is 420 g/mol. The first-order valence-electron chi connectivity index (χ1n) is 9.85. The number of hydrogen-bond acceptors (Lipinski definition) is 10. The second kappa shape index (κ2) is 10.4. The number of nitrogens with zero attached hydrogens (tertiary/aromatic N) is 3. The lowest BCUT2D eigenvalue weighted by Crippen LogP contribution is -2.22. The molecule has 30 heavy (non-hydrogen) atoms. The topological polar surface area (TPSA) is 143 Å². The van der Waals surface area contributed by atoms with Gasteiger partial charge in [-0.2, -0.15) is 4.98 Å². The second-order valence-corrected chi connectivity index (χ2v) is 6.85. The van der Waals surface area contributed by atoms with Gasteiger partial charge in [-0.3, -0.25) is 0 Å². The van der Waals surface area contributed by atoms with E-state index in [9.17, 15) is 15.3 Å². The molecule has 3 rings (SSSR count). The third kappa shape index (κ3) is 5.70. The van der Waals surface area contributed by atoms with Gasteiger partial charge in [0.2, 0.25) is 11.8 Å². The van der Waals surface area contributed by atoms with Crippen LogP contribution in [0.3, 0.4) is 0 Å². The highest BCUT2D eigenvalue weighted by atomic mass is 16.5. The van der Waals surface area contributed by atoms with Gasteiger partial charge in [-0.1, -0.05) is 0 Å². The van der Waals surface area contributed by atoms with Crippen LogP contribution in [0.5, 0.6) is 11.6 Å². The summed E-state index contributed by atoms with van der Waals surface area (Å²) in [5.74, 6) is 0.293. The highest BCUT2D eigenvalue weighted by molar-refractivity contribution is 5.73. The third-order valence-corrected chi connectivity index (χ3v) is 4.65. The monoisotopic (exact) mass is 420 g/mol. The normalized spacial score (nSPS) is 18.7. The molecule has 2 atom stereocenters. The zero-order chi connectivity index (χ0) is 21.5. The Morgan fingerprint density at radius 1 is 1.03 bits per heavy atom. The molecule has 0 unspecified atom stereocenters. The molecule has 0 spiro atoms. The van der Waals surface area contributed by atoms with Gasteiger partial charge in [-0.25, -0.2) is 4.98 Å². The van der Waals surface area contributed by atoms with Crippen molar-refractivity contribution in [3.05, 3.63) is 24.3 Å². The van der Waals surface area contributed by atoms with Crippen molar-refractivity contribution < 1.29 is 29.5 Å². The lowest BCUT2D eigenvalue weighted by Gasteiger charge is -2.19. The maximum absolute atomic E-state index is 10.3. The van der Waals surface area contributed by atoms with Gasteiger partial charge in [0.1, 0.15) is 12.4 Å². The van der Waals surface area contributed by atoms with E-state index in [1.165, 1.54) is 6.07 Å². The van der Waals surface area contributed by atoms with Gasteiger partial charge in [-0.15, -0.1) is 0 Å². The Bertz CT molecular complexity index is 827. The average Bonchev–Trinajstić information content (AvgIpc) is 3.05. The highest BCUT2D eigenvalue weighted by Gasteiger charge is 2.30. The number of aromatic nitrogens is 2. The third-order valence-electron chi connectivity index (χ3n) is 4.65. The van der Waals surface area contributed by atoms with Crippen molar-refractivity contribution in [2.75, 3.05) is 56.8 Å². The first kappa shape index (κ1) is 22.0. The van der Waals surface area contributed by atoms with Crippen LogP contribution in [0.2, 0.25) is 0 Å². The summed E-state index contributed by atoms with van der Waals surface area (Å²) in [6, 6.07) is 6.56. The van der Waals surface area contributed by atoms with Crippen molar-refractivity contribution >= 4 is 11.6 Å². The first-order valence-corrected chi connectivity index (χ1v) is 9.85. The van der Waals surface area contributed by atoms with Crippen molar-refractivity contribution in [3.8, 4) is 22.9 Å². The van der Waals surface area contributed by atoms with Gasteiger partial charge >= 0.3 is 0 Å². The highest BCUT2D eigenvalue weighted by Crippen LogP contribution is 2.34. The smallest absolute Gasteiger partial charge is 0.223 e. The van der Waals surface area contributed by atoms with Crippen LogP contribution in [0.4, 0.5) is 11.6 Å². The number of aliphatic hydroxyl groups is 2. The molecule has 164 valence electrons. The summed E-state index contributed by atoms with van der Waals surface area (Å²) >= 11 is 0. The van der Waals surface area contributed by atoms with Crippen LogP contribution < -0.4 is 15.4 Å². The number of aliphatic hydroxyl groups excluding tert-OH is 2. The Morgan fingerprint density at radius 2 is 1.73 bits per heavy atom. The zero-order valence-electron chi connectivity index (χ0n) is 16.9. The number of ether oxygens (including phenoxy) is 3. The minimum Gasteiger partial charge on any atom is -0.507 e. The first-order chi connectivity index (χ1) is 14.5. The number of benzene rings is 1. The molecule has 1 aromatic carbocycles. The summed E-state index contributed by atoms with van der Waals surface area (Å²) in [6.07, 6.45) is -1.62. The molecule has 1 saturated heterocycles. The summed E-state index contributed by atoms with van der Waals surface area (Å²) in [5.41, 5.74) is 7.40. The molecule has 10 heteroatoms. The minimum absolute atomic E-state index is 0.0107. The predicted molar refractivity (Wildman–Crippen MR) is 111 cm³/mol. The van der Waals surface area contributed by atoms with Gasteiger partial charge in [-0.05, 0) is 25.1 Å². The lowest BCUT2D eigenvalue weighted by atomic mass is 10.1. The van der Waals surface area contributed by atoms with Crippen molar-refractivity contribution in [2.45, 2.75) is 19.1 Å². The van der Waals surface area contributed by atoms with E-state index < -0.39 is 12.2 Å². The Labute approximate surface area is 174 Å². The summed E-state index contributed by atoms with van der Waals surface area (Å²) in [5, 5.41) is 29.9. The molecule has 5 N–H and O–H groups in total. The lowest BCUT2D eigenvalue weighted by molar-refractivity contribution is 0.0399. The SMILES string of the molecule is CCOCCOCCOc1cc(-c2cc(N3C[C@H](O)[C@@H](O)C3)ccc2O)nc(N)n1. The summed E-state index contributed by atoms with van der Waals surface area (Å²) in [4.78, 5) is 10.1. The number of phenolic OH excluding ortho intramolecular Hbond substituents is 1. The van der Waals surface area contributed by atoms with Gasteiger partial charge in [0.15, 0.2) is 0 Å². The number of rotatable bonds is 10. The van der Waals surface area contributed by atoms with Crippen LogP contribution in [-0.2, 0) is 9.47 Å². The number of nitrogen functional groups attached to an aromatic ring is 1. The van der Waals surface area contributed by atoms with Crippen molar-refractivity contribution in [1.29, 1.82) is 0 Å². The molecule has 1 aliphatic heterocycles. The molecule has 1 aliphatic rings. The molecule has 2 heterocycles. The van der Waals surface area contributed by atoms with Crippen LogP contribution >= 0.6 is 0 Å². The fourth-order valence-corrected chi connectivity index (χ4v) is 3.13. The van der Waals surface area contributed by atoms with Crippen LogP contribution in [0, 0.1) is 0 Å². The van der Waals surface area contributed by atoms with Gasteiger partial charge < -0.3 is 40.2 Å². The number of β-amino-alcohol motifs (C(OH)–C–C–N with tert-alkyl or cyclic N) is 2. The number of anilines is 2. The van der Waals surface area contributed by atoms with E-state index in [-0.39, 0.29) is 24.2 Å². The van der Waals surface area contributed by atoms with E-state index in [4.69, 9.17) is 19.9 Å². The van der Waals surface area contributed by atoms with Crippen LogP contribution in [-0.4, -0.2) is 83.6 Å². The molecule has 2 aromatic rings. The Balaban J connectivity index is 1.69. The number of aromatic hydroxyl groups is 1. The predicted octanol–water partition coefficient (Wildman–Crippen LogP) is 0.405. The number of nitrogens with two attached hydrogens (primary N) is 1. The van der Waals surface area contributed by atoms with Crippen molar-refractivity contribution in [3.63, 3.8) is 0 Å². The van der Waals surface area contributed by atoms with E-state index in [1.54, 1.807) is 18.2 Å². The van der Waals surface area contributed by atoms with E-state index in [0.29, 0.717) is 50.8 Å². The summed E-state index contributed by atoms with van der Waals surface area (Å²) in [6.45, 7) is 4.83. The molecule has 0 saturated carbocycles. The second-order valence-electron chi connectivity index (χ2n) is 6.85. The molecule has 1 aromatic heterocycles. The maximum atomic E-state index is 10.3.